The third-order valence-electron chi connectivity index (χ3n) is 4.82. The summed E-state index contributed by atoms with van der Waals surface area (Å²) in [5, 5.41) is 14.9. The molecule has 5 heteroatoms. The van der Waals surface area contributed by atoms with Crippen molar-refractivity contribution in [3.05, 3.63) is 60.1 Å². The molecule has 0 aliphatic heterocycles. The second-order valence-electron chi connectivity index (χ2n) is 6.56. The highest BCUT2D eigenvalue weighted by atomic mass is 16.3. The van der Waals surface area contributed by atoms with Gasteiger partial charge in [-0.2, -0.15) is 5.26 Å². The number of furan rings is 1. The van der Waals surface area contributed by atoms with Crippen molar-refractivity contribution < 1.29 is 9.21 Å². The summed E-state index contributed by atoms with van der Waals surface area (Å²) in [7, 11) is 0. The fraction of sp³-hybridized carbons (Fsp3) is 0.400. The first-order chi connectivity index (χ1) is 12.3. The summed E-state index contributed by atoms with van der Waals surface area (Å²) in [5.41, 5.74) is 0.974. The van der Waals surface area contributed by atoms with Crippen molar-refractivity contribution >= 4 is 6.03 Å². The number of nitrogens with one attached hydrogen (secondary N) is 2. The van der Waals surface area contributed by atoms with Gasteiger partial charge in [-0.25, -0.2) is 4.79 Å². The number of nitriles is 1. The Hall–Kier alpha value is -2.74. The van der Waals surface area contributed by atoms with Gasteiger partial charge in [-0.05, 0) is 49.3 Å². The topological polar surface area (TPSA) is 78.1 Å². The van der Waals surface area contributed by atoms with E-state index in [4.69, 9.17) is 9.68 Å². The van der Waals surface area contributed by atoms with E-state index in [1.54, 1.807) is 6.26 Å². The molecule has 25 heavy (non-hydrogen) atoms. The summed E-state index contributed by atoms with van der Waals surface area (Å²) in [5.74, 6) is 1.34. The highest BCUT2D eigenvalue weighted by Crippen LogP contribution is 2.27. The van der Waals surface area contributed by atoms with Crippen LogP contribution < -0.4 is 10.6 Å². The van der Waals surface area contributed by atoms with Gasteiger partial charge in [-0.1, -0.05) is 30.3 Å². The lowest BCUT2D eigenvalue weighted by Gasteiger charge is -2.25. The Labute approximate surface area is 148 Å². The van der Waals surface area contributed by atoms with Crippen LogP contribution in [-0.2, 0) is 0 Å². The Morgan fingerprint density at radius 3 is 2.56 bits per heavy atom. The molecule has 1 saturated carbocycles. The van der Waals surface area contributed by atoms with Crippen LogP contribution in [0.5, 0.6) is 0 Å². The van der Waals surface area contributed by atoms with E-state index in [2.05, 4.69) is 16.7 Å². The minimum Gasteiger partial charge on any atom is -0.467 e. The Balaban J connectivity index is 1.55. The maximum absolute atomic E-state index is 12.4. The summed E-state index contributed by atoms with van der Waals surface area (Å²) in [6, 6.07) is 15.3. The molecule has 5 nitrogen and oxygen atoms in total. The third kappa shape index (κ3) is 4.63. The third-order valence-corrected chi connectivity index (χ3v) is 4.82. The number of amides is 2. The summed E-state index contributed by atoms with van der Waals surface area (Å²) < 4.78 is 5.50. The van der Waals surface area contributed by atoms with Crippen LogP contribution in [0.1, 0.15) is 43.0 Å². The molecule has 1 aromatic heterocycles. The number of benzene rings is 1. The summed E-state index contributed by atoms with van der Waals surface area (Å²) >= 11 is 0. The molecule has 2 aromatic rings. The van der Waals surface area contributed by atoms with Crippen LogP contribution >= 0.6 is 0 Å². The van der Waals surface area contributed by atoms with Gasteiger partial charge < -0.3 is 15.1 Å². The largest absolute Gasteiger partial charge is 0.467 e. The van der Waals surface area contributed by atoms with E-state index in [1.807, 2.05) is 42.5 Å². The molecule has 2 amide bonds. The molecular formula is C20H23N3O2. The first-order valence-electron chi connectivity index (χ1n) is 8.78. The number of hydrogen-bond donors (Lipinski definition) is 2. The molecule has 1 heterocycles. The van der Waals surface area contributed by atoms with Crippen LogP contribution in [0, 0.1) is 23.2 Å². The Morgan fingerprint density at radius 1 is 1.16 bits per heavy atom. The van der Waals surface area contributed by atoms with E-state index < -0.39 is 0 Å². The van der Waals surface area contributed by atoms with E-state index in [1.165, 1.54) is 0 Å². The maximum Gasteiger partial charge on any atom is 0.315 e. The Kier molecular flexibility index (Phi) is 5.73. The molecule has 1 atom stereocenters. The maximum atomic E-state index is 12.4. The van der Waals surface area contributed by atoms with Crippen LogP contribution in [0.15, 0.2) is 53.1 Å². The molecule has 1 aromatic carbocycles. The zero-order valence-electron chi connectivity index (χ0n) is 14.2. The molecule has 3 rings (SSSR count). The van der Waals surface area contributed by atoms with Crippen LogP contribution in [0.4, 0.5) is 4.79 Å². The van der Waals surface area contributed by atoms with E-state index in [-0.39, 0.29) is 18.0 Å². The molecule has 1 aliphatic rings. The monoisotopic (exact) mass is 337 g/mol. The number of urea groups is 1. The second-order valence-corrected chi connectivity index (χ2v) is 6.56. The fourth-order valence-corrected chi connectivity index (χ4v) is 3.33. The van der Waals surface area contributed by atoms with Crippen LogP contribution in [0.3, 0.4) is 0 Å². The van der Waals surface area contributed by atoms with Crippen molar-refractivity contribution in [2.24, 2.45) is 11.8 Å². The van der Waals surface area contributed by atoms with Gasteiger partial charge in [0.1, 0.15) is 11.8 Å². The average molecular weight is 337 g/mol. The lowest BCUT2D eigenvalue weighted by atomic mass is 9.83. The Morgan fingerprint density at radius 2 is 1.92 bits per heavy atom. The molecule has 2 N–H and O–H groups in total. The lowest BCUT2D eigenvalue weighted by Crippen LogP contribution is -2.41. The van der Waals surface area contributed by atoms with Crippen molar-refractivity contribution in [2.75, 3.05) is 6.54 Å². The number of nitrogens with zero attached hydrogens (tertiary/aromatic N) is 1. The van der Waals surface area contributed by atoms with Gasteiger partial charge in [-0.3, -0.25) is 0 Å². The van der Waals surface area contributed by atoms with Crippen molar-refractivity contribution in [3.63, 3.8) is 0 Å². The molecule has 0 unspecified atom stereocenters. The minimum absolute atomic E-state index is 0.187. The molecule has 0 radical (unpaired) electrons. The SMILES string of the molecule is N#CC1CCC(CNC(=O)N[C@H](c2ccccc2)c2ccco2)CC1. The van der Waals surface area contributed by atoms with Crippen LogP contribution in [0.25, 0.3) is 0 Å². The van der Waals surface area contributed by atoms with Crippen molar-refractivity contribution in [2.45, 2.75) is 31.7 Å². The highest BCUT2D eigenvalue weighted by molar-refractivity contribution is 5.74. The zero-order chi connectivity index (χ0) is 17.5. The molecule has 130 valence electrons. The van der Waals surface area contributed by atoms with Crippen LogP contribution in [-0.4, -0.2) is 12.6 Å². The molecule has 1 aliphatic carbocycles. The highest BCUT2D eigenvalue weighted by Gasteiger charge is 2.23. The fourth-order valence-electron chi connectivity index (χ4n) is 3.33. The predicted molar refractivity (Wildman–Crippen MR) is 94.6 cm³/mol. The molecule has 0 bridgehead atoms. The smallest absolute Gasteiger partial charge is 0.315 e. The zero-order valence-corrected chi connectivity index (χ0v) is 14.2. The first kappa shape index (κ1) is 17.1. The van der Waals surface area contributed by atoms with Gasteiger partial charge >= 0.3 is 6.03 Å². The number of hydrogen-bond acceptors (Lipinski definition) is 3. The second kappa shape index (κ2) is 8.39. The van der Waals surface area contributed by atoms with Crippen molar-refractivity contribution in [1.29, 1.82) is 5.26 Å². The molecule has 0 saturated heterocycles. The number of carbonyl (C=O) groups is 1. The molecule has 1 fully saturated rings. The van der Waals surface area contributed by atoms with Gasteiger partial charge in [0.15, 0.2) is 0 Å². The van der Waals surface area contributed by atoms with Gasteiger partial charge in [0.25, 0.3) is 0 Å². The number of rotatable bonds is 5. The van der Waals surface area contributed by atoms with E-state index in [0.717, 1.165) is 31.2 Å². The predicted octanol–water partition coefficient (Wildman–Crippen LogP) is 4.00. The van der Waals surface area contributed by atoms with Crippen molar-refractivity contribution in [3.8, 4) is 6.07 Å². The van der Waals surface area contributed by atoms with E-state index >= 15 is 0 Å². The van der Waals surface area contributed by atoms with Gasteiger partial charge in [0.05, 0.1) is 12.3 Å². The quantitative estimate of drug-likeness (QED) is 0.865. The summed E-state index contributed by atoms with van der Waals surface area (Å²) in [6.07, 6.45) is 5.48. The number of carbonyl (C=O) groups excluding carboxylic acids is 1. The molecular weight excluding hydrogens is 314 g/mol. The average Bonchev–Trinajstić information content (AvgIpc) is 3.20. The van der Waals surface area contributed by atoms with Gasteiger partial charge in [-0.15, -0.1) is 0 Å². The van der Waals surface area contributed by atoms with E-state index in [0.29, 0.717) is 18.2 Å². The van der Waals surface area contributed by atoms with Gasteiger partial charge in [0, 0.05) is 12.5 Å². The van der Waals surface area contributed by atoms with Crippen molar-refractivity contribution in [1.82, 2.24) is 10.6 Å². The first-order valence-corrected chi connectivity index (χ1v) is 8.78. The summed E-state index contributed by atoms with van der Waals surface area (Å²) in [4.78, 5) is 12.4. The standard InChI is InChI=1S/C20H23N3O2/c21-13-15-8-10-16(11-9-15)14-22-20(24)23-19(18-7-4-12-25-18)17-5-2-1-3-6-17/h1-7,12,15-16,19H,8-11,14H2,(H2,22,23,24)/t15?,16?,19-/m1/s1. The minimum atomic E-state index is -0.314. The lowest BCUT2D eigenvalue weighted by molar-refractivity contribution is 0.231. The van der Waals surface area contributed by atoms with Gasteiger partial charge in [0.2, 0.25) is 0 Å². The normalized spacial score (nSPS) is 21.1. The Bertz CT molecular complexity index is 698. The molecule has 0 spiro atoms. The van der Waals surface area contributed by atoms with E-state index in [9.17, 15) is 4.79 Å². The summed E-state index contributed by atoms with van der Waals surface area (Å²) in [6.45, 7) is 0.643. The van der Waals surface area contributed by atoms with Crippen LogP contribution in [0.2, 0.25) is 0 Å².